The number of nitrogens with zero attached hydrogens (tertiary/aromatic N) is 1. The molecular weight excluding hydrogens is 375 g/mol. The number of carbonyl (C=O) groups is 1. The number of rotatable bonds is 6. The molecule has 1 aromatic heterocycles. The lowest BCUT2D eigenvalue weighted by Gasteiger charge is -2.49. The van der Waals surface area contributed by atoms with Crippen LogP contribution in [0.3, 0.4) is 0 Å². The Kier molecular flexibility index (Phi) is 6.26. The van der Waals surface area contributed by atoms with E-state index in [-0.39, 0.29) is 24.1 Å². The first kappa shape index (κ1) is 21.0. The number of halogens is 3. The second-order valence-corrected chi connectivity index (χ2v) is 7.75. The lowest BCUT2D eigenvalue weighted by atomic mass is 9.61. The van der Waals surface area contributed by atoms with Crippen LogP contribution in [0, 0.1) is 5.41 Å². The third kappa shape index (κ3) is 4.64. The minimum absolute atomic E-state index is 0.0672. The maximum atomic E-state index is 12.8. The van der Waals surface area contributed by atoms with Gasteiger partial charge in [-0.1, -0.05) is 0 Å². The average molecular weight is 401 g/mol. The Morgan fingerprint density at radius 3 is 2.61 bits per heavy atom. The van der Waals surface area contributed by atoms with E-state index in [1.807, 2.05) is 0 Å². The summed E-state index contributed by atoms with van der Waals surface area (Å²) in [7, 11) is 0. The van der Waals surface area contributed by atoms with Crippen LogP contribution in [0.1, 0.15) is 43.7 Å². The highest BCUT2D eigenvalue weighted by atomic mass is 19.4. The normalized spacial score (nSPS) is 27.1. The molecule has 2 heterocycles. The van der Waals surface area contributed by atoms with Crippen molar-refractivity contribution in [2.45, 2.75) is 63.5 Å². The molecule has 6 nitrogen and oxygen atoms in total. The van der Waals surface area contributed by atoms with E-state index in [9.17, 15) is 23.1 Å². The number of amides is 1. The molecule has 1 saturated heterocycles. The lowest BCUT2D eigenvalue weighted by molar-refractivity contribution is -0.148. The Hall–Kier alpha value is -1.71. The van der Waals surface area contributed by atoms with Crippen LogP contribution >= 0.6 is 0 Å². The molecule has 28 heavy (non-hydrogen) atoms. The van der Waals surface area contributed by atoms with E-state index in [1.54, 1.807) is 6.92 Å². The standard InChI is InChI=1S/C19H26F3N3O3/c1-12(26)18(7-16(8-18)25-15-2-4-28-5-3-15)17(27)24-10-13-6-14(11-23-9-13)19(20,21)22/h6,9,11-12,15-16,25-26H,2-5,7-8,10H2,1H3,(H,24,27). The summed E-state index contributed by atoms with van der Waals surface area (Å²) < 4.78 is 43.7. The molecule has 0 aromatic carbocycles. The van der Waals surface area contributed by atoms with Crippen molar-refractivity contribution in [2.75, 3.05) is 13.2 Å². The number of aliphatic hydroxyl groups is 1. The molecule has 1 atom stereocenters. The largest absolute Gasteiger partial charge is 0.417 e. The van der Waals surface area contributed by atoms with Crippen molar-refractivity contribution >= 4 is 5.91 Å². The van der Waals surface area contributed by atoms with Crippen molar-refractivity contribution in [3.63, 3.8) is 0 Å². The van der Waals surface area contributed by atoms with Gasteiger partial charge in [-0.05, 0) is 44.2 Å². The summed E-state index contributed by atoms with van der Waals surface area (Å²) in [6.07, 6.45) is -0.448. The molecule has 3 N–H and O–H groups in total. The lowest BCUT2D eigenvalue weighted by Crippen LogP contribution is -2.62. The van der Waals surface area contributed by atoms with Crippen molar-refractivity contribution in [1.29, 1.82) is 0 Å². The van der Waals surface area contributed by atoms with Crippen LogP contribution in [-0.2, 0) is 22.3 Å². The zero-order valence-corrected chi connectivity index (χ0v) is 15.8. The zero-order chi connectivity index (χ0) is 20.4. The summed E-state index contributed by atoms with van der Waals surface area (Å²) in [5, 5.41) is 16.4. The third-order valence-corrected chi connectivity index (χ3v) is 5.74. The minimum atomic E-state index is -4.48. The summed E-state index contributed by atoms with van der Waals surface area (Å²) in [6, 6.07) is 1.46. The van der Waals surface area contributed by atoms with Crippen LogP contribution in [0.2, 0.25) is 0 Å². The molecule has 9 heteroatoms. The Bertz CT molecular complexity index is 684. The zero-order valence-electron chi connectivity index (χ0n) is 15.8. The number of ether oxygens (including phenoxy) is 1. The molecule has 0 radical (unpaired) electrons. The number of nitrogens with one attached hydrogen (secondary N) is 2. The number of aromatic nitrogens is 1. The van der Waals surface area contributed by atoms with Crippen molar-refractivity contribution in [3.05, 3.63) is 29.6 Å². The summed E-state index contributed by atoms with van der Waals surface area (Å²) in [4.78, 5) is 16.3. The van der Waals surface area contributed by atoms with Crippen LogP contribution in [0.25, 0.3) is 0 Å². The molecule has 156 valence electrons. The predicted molar refractivity (Wildman–Crippen MR) is 95.2 cm³/mol. The van der Waals surface area contributed by atoms with E-state index in [1.165, 1.54) is 6.20 Å². The van der Waals surface area contributed by atoms with Crippen LogP contribution in [0.4, 0.5) is 13.2 Å². The minimum Gasteiger partial charge on any atom is -0.392 e. The highest BCUT2D eigenvalue weighted by molar-refractivity contribution is 5.84. The second kappa shape index (κ2) is 8.34. The molecule has 2 aliphatic rings. The second-order valence-electron chi connectivity index (χ2n) is 7.75. The molecule has 3 rings (SSSR count). The van der Waals surface area contributed by atoms with Gasteiger partial charge in [0.05, 0.1) is 17.1 Å². The van der Waals surface area contributed by atoms with E-state index in [4.69, 9.17) is 4.74 Å². The van der Waals surface area contributed by atoms with E-state index in [0.717, 1.165) is 38.3 Å². The van der Waals surface area contributed by atoms with Crippen LogP contribution in [-0.4, -0.2) is 47.4 Å². The highest BCUT2D eigenvalue weighted by Gasteiger charge is 2.53. The molecule has 2 fully saturated rings. The monoisotopic (exact) mass is 401 g/mol. The molecule has 1 aromatic rings. The molecule has 1 aliphatic heterocycles. The molecule has 1 saturated carbocycles. The summed E-state index contributed by atoms with van der Waals surface area (Å²) >= 11 is 0. The van der Waals surface area contributed by atoms with Gasteiger partial charge in [0, 0.05) is 44.2 Å². The first-order valence-corrected chi connectivity index (χ1v) is 9.52. The quantitative estimate of drug-likeness (QED) is 0.679. The smallest absolute Gasteiger partial charge is 0.392 e. The maximum absolute atomic E-state index is 12.8. The van der Waals surface area contributed by atoms with Gasteiger partial charge < -0.3 is 20.5 Å². The van der Waals surface area contributed by atoms with Crippen molar-refractivity contribution in [2.24, 2.45) is 5.41 Å². The van der Waals surface area contributed by atoms with Crippen molar-refractivity contribution in [3.8, 4) is 0 Å². The Balaban J connectivity index is 1.56. The molecule has 1 aliphatic carbocycles. The van der Waals surface area contributed by atoms with Gasteiger partial charge in [0.1, 0.15) is 0 Å². The third-order valence-electron chi connectivity index (χ3n) is 5.74. The number of hydrogen-bond donors (Lipinski definition) is 3. The van der Waals surface area contributed by atoms with Gasteiger partial charge in [0.15, 0.2) is 0 Å². The first-order valence-electron chi connectivity index (χ1n) is 9.52. The molecule has 0 bridgehead atoms. The predicted octanol–water partition coefficient (Wildman–Crippen LogP) is 2.01. The summed E-state index contributed by atoms with van der Waals surface area (Å²) in [5.74, 6) is -0.343. The molecule has 1 amide bonds. The van der Waals surface area contributed by atoms with Crippen LogP contribution in [0.5, 0.6) is 0 Å². The number of hydrogen-bond acceptors (Lipinski definition) is 5. The highest BCUT2D eigenvalue weighted by Crippen LogP contribution is 2.45. The first-order chi connectivity index (χ1) is 13.2. The Morgan fingerprint density at radius 1 is 1.32 bits per heavy atom. The number of alkyl halides is 3. The number of pyridine rings is 1. The van der Waals surface area contributed by atoms with Crippen LogP contribution in [0.15, 0.2) is 18.5 Å². The number of aliphatic hydroxyl groups excluding tert-OH is 1. The van der Waals surface area contributed by atoms with Gasteiger partial charge in [-0.25, -0.2) is 0 Å². The van der Waals surface area contributed by atoms with E-state index in [2.05, 4.69) is 15.6 Å². The van der Waals surface area contributed by atoms with E-state index >= 15 is 0 Å². The average Bonchev–Trinajstić information content (AvgIpc) is 2.62. The summed E-state index contributed by atoms with van der Waals surface area (Å²) in [6.45, 7) is 2.95. The van der Waals surface area contributed by atoms with Gasteiger partial charge in [-0.3, -0.25) is 9.78 Å². The van der Waals surface area contributed by atoms with Gasteiger partial charge >= 0.3 is 6.18 Å². The Labute approximate surface area is 161 Å². The fraction of sp³-hybridized carbons (Fsp3) is 0.684. The fourth-order valence-electron chi connectivity index (χ4n) is 3.95. The van der Waals surface area contributed by atoms with Crippen molar-refractivity contribution in [1.82, 2.24) is 15.6 Å². The van der Waals surface area contributed by atoms with Gasteiger partial charge in [0.25, 0.3) is 0 Å². The topological polar surface area (TPSA) is 83.5 Å². The number of carbonyl (C=O) groups excluding carboxylic acids is 1. The van der Waals surface area contributed by atoms with Gasteiger partial charge in [-0.2, -0.15) is 13.2 Å². The molecular formula is C19H26F3N3O3. The maximum Gasteiger partial charge on any atom is 0.417 e. The van der Waals surface area contributed by atoms with E-state index in [0.29, 0.717) is 18.9 Å². The summed E-state index contributed by atoms with van der Waals surface area (Å²) in [5.41, 5.74) is -1.51. The van der Waals surface area contributed by atoms with Crippen molar-refractivity contribution < 1.29 is 27.8 Å². The van der Waals surface area contributed by atoms with Gasteiger partial charge in [-0.15, -0.1) is 0 Å². The Morgan fingerprint density at radius 2 is 2.00 bits per heavy atom. The molecule has 1 unspecified atom stereocenters. The van der Waals surface area contributed by atoms with Crippen LogP contribution < -0.4 is 10.6 Å². The molecule has 0 spiro atoms. The SMILES string of the molecule is CC(O)C1(C(=O)NCc2cncc(C(F)(F)F)c2)CC(NC2CCOCC2)C1. The van der Waals surface area contributed by atoms with E-state index < -0.39 is 23.3 Å². The fourth-order valence-corrected chi connectivity index (χ4v) is 3.95. The van der Waals surface area contributed by atoms with Gasteiger partial charge in [0.2, 0.25) is 5.91 Å².